The Labute approximate surface area is 128 Å². The zero-order valence-electron chi connectivity index (χ0n) is 12.1. The van der Waals surface area contributed by atoms with Crippen LogP contribution in [0.2, 0.25) is 0 Å². The number of ether oxygens (including phenoxy) is 1. The standard InChI is InChI=1S/C12H15NO7S2/c1-13-11(20-22(3,17)18)10(19-12(13)14)8-4-6-9(7-5-8)21(2,15)16/h4-7,10-11H,1-3H3. The smallest absolute Gasteiger partial charge is 0.412 e. The molecule has 2 unspecified atom stereocenters. The second-order valence-corrected chi connectivity index (χ2v) is 8.56. The highest BCUT2D eigenvalue weighted by Crippen LogP contribution is 2.33. The zero-order chi connectivity index (χ0) is 16.7. The number of hydrogen-bond acceptors (Lipinski definition) is 7. The van der Waals surface area contributed by atoms with Crippen LogP contribution in [0.4, 0.5) is 4.79 Å². The molecule has 10 heteroatoms. The maximum absolute atomic E-state index is 11.6. The van der Waals surface area contributed by atoms with Gasteiger partial charge in [-0.05, 0) is 17.7 Å². The summed E-state index contributed by atoms with van der Waals surface area (Å²) < 4.78 is 55.4. The first-order valence-corrected chi connectivity index (χ1v) is 9.81. The van der Waals surface area contributed by atoms with Gasteiger partial charge >= 0.3 is 6.09 Å². The van der Waals surface area contributed by atoms with Crippen LogP contribution in [-0.2, 0) is 28.9 Å². The summed E-state index contributed by atoms with van der Waals surface area (Å²) in [6, 6.07) is 5.61. The zero-order valence-corrected chi connectivity index (χ0v) is 13.7. The van der Waals surface area contributed by atoms with Gasteiger partial charge in [0.25, 0.3) is 10.1 Å². The lowest BCUT2D eigenvalue weighted by Gasteiger charge is -2.20. The lowest BCUT2D eigenvalue weighted by Crippen LogP contribution is -2.34. The maximum atomic E-state index is 11.6. The molecule has 0 N–H and O–H groups in total. The Morgan fingerprint density at radius 3 is 2.09 bits per heavy atom. The van der Waals surface area contributed by atoms with Gasteiger partial charge in [-0.25, -0.2) is 17.4 Å². The van der Waals surface area contributed by atoms with Crippen molar-refractivity contribution in [3.05, 3.63) is 29.8 Å². The highest BCUT2D eigenvalue weighted by atomic mass is 32.2. The minimum atomic E-state index is -3.81. The summed E-state index contributed by atoms with van der Waals surface area (Å²) in [5.74, 6) is 0. The van der Waals surface area contributed by atoms with Crippen molar-refractivity contribution in [1.82, 2.24) is 4.90 Å². The van der Waals surface area contributed by atoms with Crippen LogP contribution >= 0.6 is 0 Å². The van der Waals surface area contributed by atoms with Gasteiger partial charge in [0.2, 0.25) is 0 Å². The van der Waals surface area contributed by atoms with Gasteiger partial charge in [0.05, 0.1) is 11.2 Å². The van der Waals surface area contributed by atoms with E-state index >= 15 is 0 Å². The molecule has 1 heterocycles. The summed E-state index contributed by atoms with van der Waals surface area (Å²) >= 11 is 0. The molecule has 0 saturated carbocycles. The number of cyclic esters (lactones) is 1. The molecule has 0 spiro atoms. The van der Waals surface area contributed by atoms with E-state index in [2.05, 4.69) is 0 Å². The maximum Gasteiger partial charge on any atom is 0.412 e. The first kappa shape index (κ1) is 16.7. The summed E-state index contributed by atoms with van der Waals surface area (Å²) in [4.78, 5) is 12.7. The fourth-order valence-electron chi connectivity index (χ4n) is 1.99. The largest absolute Gasteiger partial charge is 0.436 e. The lowest BCUT2D eigenvalue weighted by atomic mass is 10.1. The van der Waals surface area contributed by atoms with Crippen molar-refractivity contribution in [3.63, 3.8) is 0 Å². The summed E-state index contributed by atoms with van der Waals surface area (Å²) in [7, 11) is -5.81. The minimum absolute atomic E-state index is 0.106. The number of likely N-dealkylation sites (N-methyl/N-ethyl adjacent to an activating group) is 1. The fraction of sp³-hybridized carbons (Fsp3) is 0.417. The van der Waals surface area contributed by atoms with Gasteiger partial charge < -0.3 is 4.74 Å². The predicted octanol–water partition coefficient (Wildman–Crippen LogP) is 0.516. The molecule has 0 aliphatic carbocycles. The molecule has 1 fully saturated rings. The van der Waals surface area contributed by atoms with Crippen LogP contribution < -0.4 is 0 Å². The molecule has 22 heavy (non-hydrogen) atoms. The molecule has 1 amide bonds. The monoisotopic (exact) mass is 349 g/mol. The van der Waals surface area contributed by atoms with E-state index in [-0.39, 0.29) is 4.90 Å². The van der Waals surface area contributed by atoms with Crippen molar-refractivity contribution in [3.8, 4) is 0 Å². The van der Waals surface area contributed by atoms with E-state index < -0.39 is 38.4 Å². The Bertz CT molecular complexity index is 783. The van der Waals surface area contributed by atoms with Crippen molar-refractivity contribution in [2.24, 2.45) is 0 Å². The van der Waals surface area contributed by atoms with Gasteiger partial charge in [-0.3, -0.25) is 4.90 Å². The predicted molar refractivity (Wildman–Crippen MR) is 76.3 cm³/mol. The van der Waals surface area contributed by atoms with Crippen molar-refractivity contribution < 1.29 is 30.6 Å². The average molecular weight is 349 g/mol. The quantitative estimate of drug-likeness (QED) is 0.729. The van der Waals surface area contributed by atoms with Gasteiger partial charge in [-0.2, -0.15) is 8.42 Å². The van der Waals surface area contributed by atoms with Crippen molar-refractivity contribution in [1.29, 1.82) is 0 Å². The highest BCUT2D eigenvalue weighted by molar-refractivity contribution is 7.90. The number of carbonyl (C=O) groups excluding carboxylic acids is 1. The van der Waals surface area contributed by atoms with Gasteiger partial charge in [0.1, 0.15) is 0 Å². The number of rotatable bonds is 4. The number of sulfone groups is 1. The van der Waals surface area contributed by atoms with E-state index in [0.29, 0.717) is 5.56 Å². The second kappa shape index (κ2) is 5.52. The molecule has 1 saturated heterocycles. The van der Waals surface area contributed by atoms with E-state index in [1.54, 1.807) is 0 Å². The molecule has 0 aromatic heterocycles. The van der Waals surface area contributed by atoms with Gasteiger partial charge in [-0.1, -0.05) is 12.1 Å². The Morgan fingerprint density at radius 1 is 1.09 bits per heavy atom. The van der Waals surface area contributed by atoms with Crippen LogP contribution in [0.5, 0.6) is 0 Å². The number of hydrogen-bond donors (Lipinski definition) is 0. The molecule has 0 radical (unpaired) electrons. The number of benzene rings is 1. The van der Waals surface area contributed by atoms with E-state index in [4.69, 9.17) is 8.92 Å². The van der Waals surface area contributed by atoms with Gasteiger partial charge in [0.15, 0.2) is 22.2 Å². The number of nitrogens with zero attached hydrogens (tertiary/aromatic N) is 1. The molecule has 8 nitrogen and oxygen atoms in total. The Kier molecular flexibility index (Phi) is 4.20. The van der Waals surface area contributed by atoms with Crippen molar-refractivity contribution >= 4 is 26.0 Å². The highest BCUT2D eigenvalue weighted by Gasteiger charge is 2.43. The first-order valence-electron chi connectivity index (χ1n) is 6.11. The Hall–Kier alpha value is -1.65. The summed E-state index contributed by atoms with van der Waals surface area (Å²) in [6.07, 6.45) is -0.910. The number of carbonyl (C=O) groups is 1. The van der Waals surface area contributed by atoms with Crippen LogP contribution in [0.1, 0.15) is 11.7 Å². The topological polar surface area (TPSA) is 107 Å². The van der Waals surface area contributed by atoms with Crippen LogP contribution in [0.3, 0.4) is 0 Å². The normalized spacial score (nSPS) is 22.7. The SMILES string of the molecule is CN1C(=O)OC(c2ccc(S(C)(=O)=O)cc2)C1OS(C)(=O)=O. The van der Waals surface area contributed by atoms with Crippen LogP contribution in [-0.4, -0.2) is 53.6 Å². The third-order valence-electron chi connectivity index (χ3n) is 3.07. The molecule has 1 aromatic rings. The summed E-state index contributed by atoms with van der Waals surface area (Å²) in [5, 5.41) is 0. The third kappa shape index (κ3) is 3.57. The second-order valence-electron chi connectivity index (χ2n) is 4.95. The van der Waals surface area contributed by atoms with Crippen molar-refractivity contribution in [2.75, 3.05) is 19.6 Å². The van der Waals surface area contributed by atoms with Crippen LogP contribution in [0.25, 0.3) is 0 Å². The van der Waals surface area contributed by atoms with Crippen molar-refractivity contribution in [2.45, 2.75) is 17.2 Å². The molecule has 2 rings (SSSR count). The van der Waals surface area contributed by atoms with E-state index in [1.165, 1.54) is 31.3 Å². The lowest BCUT2D eigenvalue weighted by molar-refractivity contribution is 0.0492. The summed E-state index contributed by atoms with van der Waals surface area (Å²) in [6.45, 7) is 0. The molecule has 1 aromatic carbocycles. The van der Waals surface area contributed by atoms with Gasteiger partial charge in [-0.15, -0.1) is 0 Å². The minimum Gasteiger partial charge on any atom is -0.436 e. The average Bonchev–Trinajstić information content (AvgIpc) is 2.64. The molecule has 2 atom stereocenters. The van der Waals surface area contributed by atoms with E-state index in [1.807, 2.05) is 0 Å². The molecule has 1 aliphatic rings. The number of amides is 1. The molecule has 122 valence electrons. The third-order valence-corrected chi connectivity index (χ3v) is 4.74. The Morgan fingerprint density at radius 2 is 1.64 bits per heavy atom. The molecule has 0 bridgehead atoms. The van der Waals surface area contributed by atoms with Crippen LogP contribution in [0, 0.1) is 0 Å². The summed E-state index contributed by atoms with van der Waals surface area (Å²) in [5.41, 5.74) is 0.429. The van der Waals surface area contributed by atoms with E-state index in [9.17, 15) is 21.6 Å². The Balaban J connectivity index is 2.35. The first-order chi connectivity index (χ1) is 9.99. The van der Waals surface area contributed by atoms with Gasteiger partial charge in [0, 0.05) is 13.3 Å². The molecule has 1 aliphatic heterocycles. The fourth-order valence-corrected chi connectivity index (χ4v) is 3.21. The molecular weight excluding hydrogens is 334 g/mol. The van der Waals surface area contributed by atoms with E-state index in [0.717, 1.165) is 17.4 Å². The van der Waals surface area contributed by atoms with Crippen LogP contribution in [0.15, 0.2) is 29.2 Å². The molecular formula is C12H15NO7S2.